The Balaban J connectivity index is 1.44. The van der Waals surface area contributed by atoms with E-state index in [0.717, 1.165) is 6.20 Å². The molecule has 0 saturated heterocycles. The third kappa shape index (κ3) is 3.74. The van der Waals surface area contributed by atoms with Crippen molar-refractivity contribution < 1.29 is 22.8 Å². The van der Waals surface area contributed by atoms with Crippen LogP contribution in [0.5, 0.6) is 0 Å². The average molecular weight is 415 g/mol. The number of rotatable bonds is 7. The molecule has 30 heavy (non-hydrogen) atoms. The van der Waals surface area contributed by atoms with E-state index in [-0.39, 0.29) is 29.9 Å². The Morgan fingerprint density at radius 1 is 1.03 bits per heavy atom. The lowest BCUT2D eigenvalue weighted by molar-refractivity contribution is 0.0977. The molecule has 9 nitrogen and oxygen atoms in total. The molecule has 0 amide bonds. The Morgan fingerprint density at radius 2 is 1.80 bits per heavy atom. The highest BCUT2D eigenvalue weighted by Crippen LogP contribution is 2.20. The van der Waals surface area contributed by atoms with Crippen LogP contribution < -0.4 is 0 Å². The summed E-state index contributed by atoms with van der Waals surface area (Å²) in [7, 11) is 0. The quantitative estimate of drug-likeness (QED) is 0.397. The van der Waals surface area contributed by atoms with Crippen molar-refractivity contribution in [3.63, 3.8) is 0 Å². The van der Waals surface area contributed by atoms with E-state index in [0.29, 0.717) is 29.5 Å². The Kier molecular flexibility index (Phi) is 4.96. The molecule has 0 aliphatic rings. The number of nitrogens with zero attached hydrogens (tertiary/aromatic N) is 4. The van der Waals surface area contributed by atoms with Gasteiger partial charge in [-0.3, -0.25) is 14.7 Å². The minimum absolute atomic E-state index is 0.0286. The lowest BCUT2D eigenvalue weighted by atomic mass is 10.0. The summed E-state index contributed by atoms with van der Waals surface area (Å²) in [6.07, 6.45) is 2.87. The summed E-state index contributed by atoms with van der Waals surface area (Å²) >= 11 is 0. The number of aromatic nitrogens is 7. The third-order valence-corrected chi connectivity index (χ3v) is 4.24. The first kappa shape index (κ1) is 19.2. The average Bonchev–Trinajstić information content (AvgIpc) is 3.46. The van der Waals surface area contributed by atoms with Crippen LogP contribution in [-0.2, 0) is 6.42 Å². The third-order valence-electron chi connectivity index (χ3n) is 4.24. The van der Waals surface area contributed by atoms with Crippen LogP contribution in [0.1, 0.15) is 38.7 Å². The molecular formula is C18H12F3N7O2. The molecule has 0 aliphatic heterocycles. The first-order valence-electron chi connectivity index (χ1n) is 8.60. The van der Waals surface area contributed by atoms with Gasteiger partial charge in [-0.15, -0.1) is 0 Å². The number of aryl methyl sites for hydroxylation is 1. The SMILES string of the molecule is O=C(CCc1nc(-c2cn[nH]n2)n[nH]1)c1cc(C(=O)c2c(F)cc(F)cc2F)c[nH]1. The molecule has 0 aliphatic carbocycles. The standard InChI is InChI=1S/C18H12F3N7O2/c19-9-4-10(20)16(11(21)5-9)17(30)8-3-12(22-6-8)14(29)1-2-15-24-18(27-26-15)13-7-23-28-25-13/h3-7,22H,1-2H2,(H,23,25,28)(H,24,26,27). The maximum Gasteiger partial charge on any atom is 0.203 e. The molecule has 0 saturated carbocycles. The molecule has 152 valence electrons. The molecule has 0 fully saturated rings. The van der Waals surface area contributed by atoms with Gasteiger partial charge in [0.15, 0.2) is 17.3 Å². The Hall–Kier alpha value is -4.09. The highest BCUT2D eigenvalue weighted by molar-refractivity contribution is 6.10. The van der Waals surface area contributed by atoms with E-state index in [2.05, 4.69) is 35.6 Å². The number of hydrogen-bond donors (Lipinski definition) is 3. The molecular weight excluding hydrogens is 403 g/mol. The van der Waals surface area contributed by atoms with Gasteiger partial charge in [0.05, 0.1) is 17.5 Å². The van der Waals surface area contributed by atoms with Gasteiger partial charge in [0.25, 0.3) is 0 Å². The number of H-pyrrole nitrogens is 3. The lowest BCUT2D eigenvalue weighted by Crippen LogP contribution is -2.07. The number of ketones is 2. The van der Waals surface area contributed by atoms with Crippen molar-refractivity contribution in [2.75, 3.05) is 0 Å². The van der Waals surface area contributed by atoms with Crippen molar-refractivity contribution in [1.29, 1.82) is 0 Å². The van der Waals surface area contributed by atoms with Crippen LogP contribution in [0.15, 0.2) is 30.6 Å². The van der Waals surface area contributed by atoms with Crippen molar-refractivity contribution >= 4 is 11.6 Å². The summed E-state index contributed by atoms with van der Waals surface area (Å²) in [6.45, 7) is 0. The number of nitrogens with one attached hydrogen (secondary N) is 3. The Bertz CT molecular complexity index is 1210. The van der Waals surface area contributed by atoms with E-state index >= 15 is 0 Å². The fraction of sp³-hybridized carbons (Fsp3) is 0.111. The summed E-state index contributed by atoms with van der Waals surface area (Å²) < 4.78 is 40.7. The number of benzene rings is 1. The summed E-state index contributed by atoms with van der Waals surface area (Å²) in [4.78, 5) is 31.5. The molecule has 0 radical (unpaired) electrons. The van der Waals surface area contributed by atoms with Gasteiger partial charge in [0.2, 0.25) is 5.82 Å². The number of carbonyl (C=O) groups is 2. The largest absolute Gasteiger partial charge is 0.358 e. The van der Waals surface area contributed by atoms with E-state index in [1.165, 1.54) is 12.3 Å². The van der Waals surface area contributed by atoms with E-state index in [9.17, 15) is 22.8 Å². The zero-order chi connectivity index (χ0) is 21.3. The molecule has 4 aromatic rings. The van der Waals surface area contributed by atoms with Crippen LogP contribution in [0.3, 0.4) is 0 Å². The van der Waals surface area contributed by atoms with E-state index in [4.69, 9.17) is 0 Å². The predicted octanol–water partition coefficient (Wildman–Crippen LogP) is 2.38. The van der Waals surface area contributed by atoms with Crippen LogP contribution in [0.2, 0.25) is 0 Å². The highest BCUT2D eigenvalue weighted by Gasteiger charge is 2.22. The number of hydrogen-bond acceptors (Lipinski definition) is 6. The van der Waals surface area contributed by atoms with Gasteiger partial charge in [-0.2, -0.15) is 20.5 Å². The topological polar surface area (TPSA) is 133 Å². The molecule has 0 atom stereocenters. The summed E-state index contributed by atoms with van der Waals surface area (Å²) in [5, 5.41) is 16.6. The van der Waals surface area contributed by atoms with Crippen molar-refractivity contribution in [3.05, 3.63) is 70.7 Å². The summed E-state index contributed by atoms with van der Waals surface area (Å²) in [6, 6.07) is 2.02. The van der Waals surface area contributed by atoms with Gasteiger partial charge in [0, 0.05) is 36.7 Å². The molecule has 1 aromatic carbocycles. The van der Waals surface area contributed by atoms with Gasteiger partial charge in [0.1, 0.15) is 23.3 Å². The van der Waals surface area contributed by atoms with Crippen LogP contribution in [-0.4, -0.2) is 47.1 Å². The van der Waals surface area contributed by atoms with Gasteiger partial charge in [-0.05, 0) is 6.07 Å². The van der Waals surface area contributed by atoms with Gasteiger partial charge < -0.3 is 4.98 Å². The Labute approximate surface area is 165 Å². The molecule has 0 unspecified atom stereocenters. The smallest absolute Gasteiger partial charge is 0.203 e. The summed E-state index contributed by atoms with van der Waals surface area (Å²) in [5.41, 5.74) is -0.499. The van der Waals surface area contributed by atoms with Crippen LogP contribution in [0.25, 0.3) is 11.5 Å². The van der Waals surface area contributed by atoms with Crippen molar-refractivity contribution in [3.8, 4) is 11.5 Å². The predicted molar refractivity (Wildman–Crippen MR) is 95.0 cm³/mol. The maximum absolute atomic E-state index is 13.8. The highest BCUT2D eigenvalue weighted by atomic mass is 19.1. The number of aromatic amines is 3. The van der Waals surface area contributed by atoms with E-state index in [1.54, 1.807) is 0 Å². The first-order chi connectivity index (χ1) is 14.4. The fourth-order valence-electron chi connectivity index (χ4n) is 2.79. The molecule has 4 rings (SSSR count). The van der Waals surface area contributed by atoms with Gasteiger partial charge in [-0.1, -0.05) is 0 Å². The number of Topliss-reactive ketones (excluding diaryl/α,β-unsaturated/α-hetero) is 1. The molecule has 0 bridgehead atoms. The second kappa shape index (κ2) is 7.73. The number of carbonyl (C=O) groups excluding carboxylic acids is 2. The molecule has 0 spiro atoms. The minimum Gasteiger partial charge on any atom is -0.358 e. The monoisotopic (exact) mass is 415 g/mol. The first-order valence-corrected chi connectivity index (χ1v) is 8.60. The molecule has 12 heteroatoms. The molecule has 3 heterocycles. The fourth-order valence-corrected chi connectivity index (χ4v) is 2.79. The van der Waals surface area contributed by atoms with Crippen molar-refractivity contribution in [1.82, 2.24) is 35.6 Å². The van der Waals surface area contributed by atoms with Gasteiger partial charge in [-0.25, -0.2) is 18.2 Å². The minimum atomic E-state index is -1.32. The number of halogens is 3. The Morgan fingerprint density at radius 3 is 2.50 bits per heavy atom. The zero-order valence-electron chi connectivity index (χ0n) is 15.0. The normalized spacial score (nSPS) is 11.0. The van der Waals surface area contributed by atoms with E-state index in [1.807, 2.05) is 0 Å². The summed E-state index contributed by atoms with van der Waals surface area (Å²) in [5.74, 6) is -4.37. The van der Waals surface area contributed by atoms with Crippen LogP contribution in [0.4, 0.5) is 13.2 Å². The second-order valence-corrected chi connectivity index (χ2v) is 6.26. The van der Waals surface area contributed by atoms with Gasteiger partial charge >= 0.3 is 0 Å². The lowest BCUT2D eigenvalue weighted by Gasteiger charge is -2.02. The van der Waals surface area contributed by atoms with E-state index < -0.39 is 28.8 Å². The molecule has 3 aromatic heterocycles. The van der Waals surface area contributed by atoms with Crippen LogP contribution >= 0.6 is 0 Å². The van der Waals surface area contributed by atoms with Crippen molar-refractivity contribution in [2.24, 2.45) is 0 Å². The molecule has 3 N–H and O–H groups in total. The zero-order valence-corrected chi connectivity index (χ0v) is 15.0. The second-order valence-electron chi connectivity index (χ2n) is 6.26. The van der Waals surface area contributed by atoms with Crippen molar-refractivity contribution in [2.45, 2.75) is 12.8 Å². The van der Waals surface area contributed by atoms with Crippen LogP contribution in [0, 0.1) is 17.5 Å². The maximum atomic E-state index is 13.8.